The molecule has 0 radical (unpaired) electrons. The van der Waals surface area contributed by atoms with Gasteiger partial charge in [-0.2, -0.15) is 0 Å². The van der Waals surface area contributed by atoms with Crippen LogP contribution in [0, 0.1) is 13.8 Å². The summed E-state index contributed by atoms with van der Waals surface area (Å²) in [5, 5.41) is 0. The number of nitrogens with two attached hydrogens (primary N) is 1. The van der Waals surface area contributed by atoms with Crippen LogP contribution in [0.25, 0.3) is 0 Å². The van der Waals surface area contributed by atoms with Crippen LogP contribution in [0.15, 0.2) is 12.1 Å². The molecular weight excluding hydrogens is 228 g/mol. The quantitative estimate of drug-likeness (QED) is 0.759. The predicted molar refractivity (Wildman–Crippen MR) is 67.4 cm³/mol. The average molecular weight is 244 g/mol. The Morgan fingerprint density at radius 1 is 1.06 bits per heavy atom. The van der Waals surface area contributed by atoms with Crippen LogP contribution in [0.4, 0.5) is 0 Å². The van der Waals surface area contributed by atoms with E-state index in [1.165, 1.54) is 4.90 Å². The number of aryl methyl sites for hydroxylation is 2. The van der Waals surface area contributed by atoms with Crippen LogP contribution in [0.1, 0.15) is 44.7 Å². The molecule has 0 bridgehead atoms. The first-order chi connectivity index (χ1) is 8.50. The molecule has 4 heteroatoms. The standard InChI is InChI=1S/C14H16N2O2/c1-7-3-4-8(2)12-11(7)13(17)16(14(12)18)10-5-9(15)6-10/h3-4,9-10H,5-6,15H2,1-2H3. The highest BCUT2D eigenvalue weighted by molar-refractivity contribution is 6.22. The molecule has 18 heavy (non-hydrogen) atoms. The van der Waals surface area contributed by atoms with Crippen molar-refractivity contribution in [3.05, 3.63) is 34.4 Å². The minimum Gasteiger partial charge on any atom is -0.328 e. The molecule has 0 atom stereocenters. The van der Waals surface area contributed by atoms with Gasteiger partial charge in [-0.1, -0.05) is 12.1 Å². The van der Waals surface area contributed by atoms with Crippen molar-refractivity contribution >= 4 is 11.8 Å². The Balaban J connectivity index is 2.06. The van der Waals surface area contributed by atoms with Crippen molar-refractivity contribution in [1.29, 1.82) is 0 Å². The smallest absolute Gasteiger partial charge is 0.262 e. The van der Waals surface area contributed by atoms with Gasteiger partial charge in [0, 0.05) is 12.1 Å². The number of hydrogen-bond acceptors (Lipinski definition) is 3. The Morgan fingerprint density at radius 2 is 1.50 bits per heavy atom. The Hall–Kier alpha value is -1.68. The van der Waals surface area contributed by atoms with Crippen LogP contribution in [-0.4, -0.2) is 28.8 Å². The van der Waals surface area contributed by atoms with Gasteiger partial charge in [0.2, 0.25) is 0 Å². The van der Waals surface area contributed by atoms with Crippen LogP contribution in [0.3, 0.4) is 0 Å². The lowest BCUT2D eigenvalue weighted by molar-refractivity contribution is 0.0482. The zero-order valence-electron chi connectivity index (χ0n) is 10.6. The summed E-state index contributed by atoms with van der Waals surface area (Å²) in [7, 11) is 0. The van der Waals surface area contributed by atoms with Gasteiger partial charge in [0.15, 0.2) is 0 Å². The van der Waals surface area contributed by atoms with E-state index in [0.29, 0.717) is 11.1 Å². The molecule has 2 amide bonds. The Kier molecular flexibility index (Phi) is 2.32. The first-order valence-corrected chi connectivity index (χ1v) is 6.24. The lowest BCUT2D eigenvalue weighted by atomic mass is 9.86. The monoisotopic (exact) mass is 244 g/mol. The van der Waals surface area contributed by atoms with Gasteiger partial charge in [0.1, 0.15) is 0 Å². The highest BCUT2D eigenvalue weighted by Crippen LogP contribution is 2.34. The first-order valence-electron chi connectivity index (χ1n) is 6.24. The van der Waals surface area contributed by atoms with Gasteiger partial charge in [-0.15, -0.1) is 0 Å². The van der Waals surface area contributed by atoms with Crippen molar-refractivity contribution in [3.63, 3.8) is 0 Å². The Morgan fingerprint density at radius 3 is 1.89 bits per heavy atom. The van der Waals surface area contributed by atoms with Gasteiger partial charge in [-0.3, -0.25) is 14.5 Å². The number of carbonyl (C=O) groups is 2. The van der Waals surface area contributed by atoms with Gasteiger partial charge < -0.3 is 5.73 Å². The number of rotatable bonds is 1. The van der Waals surface area contributed by atoms with E-state index in [2.05, 4.69) is 0 Å². The number of fused-ring (bicyclic) bond motifs is 1. The molecule has 1 aromatic rings. The van der Waals surface area contributed by atoms with Crippen molar-refractivity contribution in [2.24, 2.45) is 5.73 Å². The number of carbonyl (C=O) groups excluding carboxylic acids is 2. The summed E-state index contributed by atoms with van der Waals surface area (Å²) in [6.07, 6.45) is 1.45. The van der Waals surface area contributed by atoms with Crippen LogP contribution < -0.4 is 5.73 Å². The molecule has 4 nitrogen and oxygen atoms in total. The molecule has 0 aromatic heterocycles. The van der Waals surface area contributed by atoms with E-state index in [1.807, 2.05) is 26.0 Å². The predicted octanol–water partition coefficient (Wildman–Crippen LogP) is 1.39. The largest absolute Gasteiger partial charge is 0.328 e. The molecule has 1 aromatic carbocycles. The number of hydrogen-bond donors (Lipinski definition) is 1. The summed E-state index contributed by atoms with van der Waals surface area (Å²) < 4.78 is 0. The Bertz CT molecular complexity index is 518. The third-order valence-corrected chi connectivity index (χ3v) is 4.00. The van der Waals surface area contributed by atoms with Crippen LogP contribution >= 0.6 is 0 Å². The third-order valence-electron chi connectivity index (χ3n) is 4.00. The molecule has 2 aliphatic rings. The molecule has 94 valence electrons. The molecule has 1 fully saturated rings. The van der Waals surface area contributed by atoms with Crippen LogP contribution in [0.2, 0.25) is 0 Å². The van der Waals surface area contributed by atoms with E-state index in [9.17, 15) is 9.59 Å². The Labute approximate surface area is 106 Å². The van der Waals surface area contributed by atoms with Gasteiger partial charge >= 0.3 is 0 Å². The maximum Gasteiger partial charge on any atom is 0.262 e. The molecular formula is C14H16N2O2. The second-order valence-electron chi connectivity index (χ2n) is 5.31. The molecule has 1 aliphatic heterocycles. The first kappa shape index (κ1) is 11.4. The van der Waals surface area contributed by atoms with E-state index >= 15 is 0 Å². The lowest BCUT2D eigenvalue weighted by Crippen LogP contribution is -2.52. The summed E-state index contributed by atoms with van der Waals surface area (Å²) in [5.41, 5.74) is 8.66. The lowest BCUT2D eigenvalue weighted by Gasteiger charge is -2.37. The molecule has 0 spiro atoms. The molecule has 1 aliphatic carbocycles. The molecule has 3 rings (SSSR count). The normalized spacial score (nSPS) is 26.3. The summed E-state index contributed by atoms with van der Waals surface area (Å²) in [6, 6.07) is 3.91. The molecule has 1 saturated carbocycles. The number of amides is 2. The summed E-state index contributed by atoms with van der Waals surface area (Å²) in [5.74, 6) is -0.291. The summed E-state index contributed by atoms with van der Waals surface area (Å²) >= 11 is 0. The maximum absolute atomic E-state index is 12.4. The number of benzene rings is 1. The fourth-order valence-corrected chi connectivity index (χ4v) is 2.87. The van der Waals surface area contributed by atoms with E-state index in [-0.39, 0.29) is 23.9 Å². The molecule has 1 heterocycles. The second-order valence-corrected chi connectivity index (χ2v) is 5.31. The number of imide groups is 1. The topological polar surface area (TPSA) is 63.4 Å². The number of nitrogens with zero attached hydrogens (tertiary/aromatic N) is 1. The fourth-order valence-electron chi connectivity index (χ4n) is 2.87. The van der Waals surface area contributed by atoms with E-state index in [1.54, 1.807) is 0 Å². The minimum atomic E-state index is -0.145. The average Bonchev–Trinajstić information content (AvgIpc) is 2.54. The van der Waals surface area contributed by atoms with Gasteiger partial charge in [-0.05, 0) is 37.8 Å². The highest BCUT2D eigenvalue weighted by atomic mass is 16.2. The van der Waals surface area contributed by atoms with Gasteiger partial charge in [0.05, 0.1) is 11.1 Å². The zero-order valence-corrected chi connectivity index (χ0v) is 10.6. The van der Waals surface area contributed by atoms with Gasteiger partial charge in [-0.25, -0.2) is 0 Å². The minimum absolute atomic E-state index is 0.00815. The van der Waals surface area contributed by atoms with Crippen molar-refractivity contribution in [3.8, 4) is 0 Å². The summed E-state index contributed by atoms with van der Waals surface area (Å²) in [6.45, 7) is 3.75. The molecule has 0 saturated heterocycles. The van der Waals surface area contributed by atoms with Crippen LogP contribution in [-0.2, 0) is 0 Å². The second kappa shape index (κ2) is 3.65. The van der Waals surface area contributed by atoms with Crippen molar-refractivity contribution < 1.29 is 9.59 Å². The van der Waals surface area contributed by atoms with Crippen molar-refractivity contribution in [2.75, 3.05) is 0 Å². The SMILES string of the molecule is Cc1ccc(C)c2c1C(=O)N(C1CC(N)C1)C2=O. The van der Waals surface area contributed by atoms with Crippen molar-refractivity contribution in [2.45, 2.75) is 38.8 Å². The third kappa shape index (κ3) is 1.35. The molecule has 2 N–H and O–H groups in total. The molecule has 0 unspecified atom stereocenters. The zero-order chi connectivity index (χ0) is 13.0. The van der Waals surface area contributed by atoms with E-state index in [0.717, 1.165) is 24.0 Å². The summed E-state index contributed by atoms with van der Waals surface area (Å²) in [4.78, 5) is 26.2. The van der Waals surface area contributed by atoms with Crippen molar-refractivity contribution in [1.82, 2.24) is 4.90 Å². The fraction of sp³-hybridized carbons (Fsp3) is 0.429. The van der Waals surface area contributed by atoms with E-state index in [4.69, 9.17) is 5.73 Å². The highest BCUT2D eigenvalue weighted by Gasteiger charge is 2.45. The maximum atomic E-state index is 12.4. The van der Waals surface area contributed by atoms with Crippen LogP contribution in [0.5, 0.6) is 0 Å². The van der Waals surface area contributed by atoms with E-state index < -0.39 is 0 Å². The van der Waals surface area contributed by atoms with Gasteiger partial charge in [0.25, 0.3) is 11.8 Å².